The number of phenols is 1. The number of aryl methyl sites for hydroxylation is 1. The van der Waals surface area contributed by atoms with Crippen molar-refractivity contribution in [2.75, 3.05) is 6.54 Å². The van der Waals surface area contributed by atoms with Crippen LogP contribution in [0.4, 0.5) is 0 Å². The third-order valence-corrected chi connectivity index (χ3v) is 5.10. The Labute approximate surface area is 197 Å². The number of carboxylic acids is 1. The number of amides is 3. The van der Waals surface area contributed by atoms with Gasteiger partial charge in [-0.25, -0.2) is 4.79 Å². The normalized spacial score (nSPS) is 13.2. The van der Waals surface area contributed by atoms with E-state index in [2.05, 4.69) is 16.0 Å². The van der Waals surface area contributed by atoms with Crippen LogP contribution in [0.5, 0.6) is 5.75 Å². The molecule has 10 heteroatoms. The molecule has 2 aromatic carbocycles. The van der Waals surface area contributed by atoms with E-state index < -0.39 is 48.4 Å². The number of phenolic OH excluding ortho intramolecular Hbond substituents is 1. The largest absolute Gasteiger partial charge is 0.508 e. The fraction of sp³-hybridized carbons (Fsp3) is 0.333. The second-order valence-corrected chi connectivity index (χ2v) is 7.91. The highest BCUT2D eigenvalue weighted by Gasteiger charge is 2.23. The van der Waals surface area contributed by atoms with Crippen LogP contribution in [0, 0.1) is 0 Å². The van der Waals surface area contributed by atoms with Crippen LogP contribution in [0.1, 0.15) is 24.5 Å². The highest BCUT2D eigenvalue weighted by molar-refractivity contribution is 5.92. The molecule has 0 saturated heterocycles. The minimum Gasteiger partial charge on any atom is -0.508 e. The molecule has 0 radical (unpaired) electrons. The van der Waals surface area contributed by atoms with Crippen LogP contribution in [0.25, 0.3) is 0 Å². The molecule has 10 nitrogen and oxygen atoms in total. The quantitative estimate of drug-likeness (QED) is 0.255. The number of nitrogens with two attached hydrogens (primary N) is 1. The minimum absolute atomic E-state index is 0.0990. The Bertz CT molecular complexity index is 981. The predicted octanol–water partition coefficient (Wildman–Crippen LogP) is 0.0851. The Morgan fingerprint density at radius 1 is 0.912 bits per heavy atom. The highest BCUT2D eigenvalue weighted by Crippen LogP contribution is 2.11. The lowest BCUT2D eigenvalue weighted by Gasteiger charge is -2.18. The van der Waals surface area contributed by atoms with Crippen molar-refractivity contribution in [3.05, 3.63) is 65.7 Å². The SMILES string of the molecule is C[C@@H](NC(=O)[C@@H](N)Cc1ccc(O)cc1)C(=O)NCC(=O)N[C@@H](CCc1ccccc1)C(=O)O. The molecule has 34 heavy (non-hydrogen) atoms. The molecule has 0 unspecified atom stereocenters. The van der Waals surface area contributed by atoms with Gasteiger partial charge in [-0.05, 0) is 49.4 Å². The standard InChI is InChI=1S/C24H30N4O6/c1-15(27-23(32)19(25)13-17-7-10-18(29)11-8-17)22(31)26-14-21(30)28-20(24(33)34)12-9-16-5-3-2-4-6-16/h2-8,10-11,15,19-20,29H,9,12-14,25H2,1H3,(H,26,31)(H,27,32)(H,28,30)(H,33,34)/t15-,19+,20+/m1/s1. The molecular formula is C24H30N4O6. The maximum absolute atomic E-state index is 12.3. The highest BCUT2D eigenvalue weighted by atomic mass is 16.4. The molecule has 3 amide bonds. The first-order valence-corrected chi connectivity index (χ1v) is 10.8. The van der Waals surface area contributed by atoms with Crippen molar-refractivity contribution in [1.82, 2.24) is 16.0 Å². The molecule has 2 rings (SSSR count). The molecule has 0 aliphatic carbocycles. The van der Waals surface area contributed by atoms with E-state index in [-0.39, 0.29) is 18.6 Å². The summed E-state index contributed by atoms with van der Waals surface area (Å²) in [7, 11) is 0. The first kappa shape index (κ1) is 26.3. The van der Waals surface area contributed by atoms with Crippen LogP contribution >= 0.6 is 0 Å². The van der Waals surface area contributed by atoms with Crippen LogP contribution in [-0.2, 0) is 32.0 Å². The van der Waals surface area contributed by atoms with Gasteiger partial charge in [0.1, 0.15) is 17.8 Å². The number of aliphatic carboxylic acids is 1. The van der Waals surface area contributed by atoms with Gasteiger partial charge in [0.05, 0.1) is 12.6 Å². The summed E-state index contributed by atoms with van der Waals surface area (Å²) in [4.78, 5) is 48.1. The molecule has 2 aromatic rings. The van der Waals surface area contributed by atoms with E-state index in [4.69, 9.17) is 5.73 Å². The predicted molar refractivity (Wildman–Crippen MR) is 125 cm³/mol. The second-order valence-electron chi connectivity index (χ2n) is 7.91. The van der Waals surface area contributed by atoms with Gasteiger partial charge in [0.25, 0.3) is 0 Å². The summed E-state index contributed by atoms with van der Waals surface area (Å²) in [6, 6.07) is 12.6. The van der Waals surface area contributed by atoms with Crippen molar-refractivity contribution >= 4 is 23.7 Å². The molecule has 0 fully saturated rings. The van der Waals surface area contributed by atoms with E-state index in [1.807, 2.05) is 30.3 Å². The van der Waals surface area contributed by atoms with E-state index in [9.17, 15) is 29.4 Å². The van der Waals surface area contributed by atoms with Crippen molar-refractivity contribution in [1.29, 1.82) is 0 Å². The zero-order valence-electron chi connectivity index (χ0n) is 18.9. The fourth-order valence-corrected chi connectivity index (χ4v) is 3.14. The van der Waals surface area contributed by atoms with Gasteiger partial charge in [-0.3, -0.25) is 14.4 Å². The Hall–Kier alpha value is -3.92. The van der Waals surface area contributed by atoms with Crippen LogP contribution in [0.3, 0.4) is 0 Å². The number of hydrogen-bond acceptors (Lipinski definition) is 6. The van der Waals surface area contributed by atoms with E-state index >= 15 is 0 Å². The van der Waals surface area contributed by atoms with Crippen molar-refractivity contribution in [2.24, 2.45) is 5.73 Å². The fourth-order valence-electron chi connectivity index (χ4n) is 3.14. The lowest BCUT2D eigenvalue weighted by atomic mass is 10.1. The average molecular weight is 471 g/mol. The van der Waals surface area contributed by atoms with E-state index in [1.165, 1.54) is 19.1 Å². The number of aromatic hydroxyl groups is 1. The number of benzene rings is 2. The van der Waals surface area contributed by atoms with Gasteiger partial charge >= 0.3 is 5.97 Å². The summed E-state index contributed by atoms with van der Waals surface area (Å²) >= 11 is 0. The zero-order chi connectivity index (χ0) is 25.1. The summed E-state index contributed by atoms with van der Waals surface area (Å²) in [6.07, 6.45) is 0.880. The monoisotopic (exact) mass is 470 g/mol. The van der Waals surface area contributed by atoms with Crippen LogP contribution in [0.15, 0.2) is 54.6 Å². The van der Waals surface area contributed by atoms with Crippen LogP contribution in [-0.4, -0.2) is 58.6 Å². The first-order chi connectivity index (χ1) is 16.2. The summed E-state index contributed by atoms with van der Waals surface area (Å²) < 4.78 is 0. The minimum atomic E-state index is -1.17. The maximum atomic E-state index is 12.3. The lowest BCUT2D eigenvalue weighted by Crippen LogP contribution is -2.52. The van der Waals surface area contributed by atoms with Crippen LogP contribution < -0.4 is 21.7 Å². The van der Waals surface area contributed by atoms with Crippen LogP contribution in [0.2, 0.25) is 0 Å². The molecule has 0 aliphatic heterocycles. The number of nitrogens with one attached hydrogen (secondary N) is 3. The van der Waals surface area contributed by atoms with Crippen molar-refractivity contribution < 1.29 is 29.4 Å². The molecule has 7 N–H and O–H groups in total. The molecule has 0 heterocycles. The van der Waals surface area contributed by atoms with E-state index in [1.54, 1.807) is 12.1 Å². The van der Waals surface area contributed by atoms with Gasteiger partial charge in [-0.2, -0.15) is 0 Å². The second kappa shape index (κ2) is 12.9. The molecule has 0 bridgehead atoms. The Balaban J connectivity index is 1.75. The summed E-state index contributed by atoms with van der Waals surface area (Å²) in [5.41, 5.74) is 7.58. The van der Waals surface area contributed by atoms with Gasteiger partial charge in [-0.15, -0.1) is 0 Å². The molecular weight excluding hydrogens is 440 g/mol. The zero-order valence-corrected chi connectivity index (χ0v) is 18.9. The molecule has 0 saturated carbocycles. The average Bonchev–Trinajstić information content (AvgIpc) is 2.81. The van der Waals surface area contributed by atoms with E-state index in [0.29, 0.717) is 6.42 Å². The van der Waals surface area contributed by atoms with Gasteiger partial charge in [0.15, 0.2) is 0 Å². The molecule has 182 valence electrons. The Kier molecular flexibility index (Phi) is 10.0. The summed E-state index contributed by atoms with van der Waals surface area (Å²) in [5.74, 6) is -2.89. The number of carboxylic acid groups (broad SMARTS) is 1. The van der Waals surface area contributed by atoms with Crippen molar-refractivity contribution in [2.45, 2.75) is 44.3 Å². The lowest BCUT2D eigenvalue weighted by molar-refractivity contribution is -0.142. The first-order valence-electron chi connectivity index (χ1n) is 10.8. The van der Waals surface area contributed by atoms with E-state index in [0.717, 1.165) is 11.1 Å². The number of rotatable bonds is 12. The van der Waals surface area contributed by atoms with Gasteiger partial charge < -0.3 is 31.9 Å². The third-order valence-electron chi connectivity index (χ3n) is 5.10. The van der Waals surface area contributed by atoms with Gasteiger partial charge in [-0.1, -0.05) is 42.5 Å². The van der Waals surface area contributed by atoms with Crippen molar-refractivity contribution in [3.63, 3.8) is 0 Å². The summed E-state index contributed by atoms with van der Waals surface area (Å²) in [6.45, 7) is 1.01. The van der Waals surface area contributed by atoms with Gasteiger partial charge in [0.2, 0.25) is 17.7 Å². The Morgan fingerprint density at radius 3 is 2.18 bits per heavy atom. The van der Waals surface area contributed by atoms with Gasteiger partial charge in [0, 0.05) is 0 Å². The Morgan fingerprint density at radius 2 is 1.56 bits per heavy atom. The number of carbonyl (C=O) groups is 4. The molecule has 0 aliphatic rings. The maximum Gasteiger partial charge on any atom is 0.326 e. The number of carbonyl (C=O) groups excluding carboxylic acids is 3. The number of hydrogen-bond donors (Lipinski definition) is 6. The third kappa shape index (κ3) is 8.91. The van der Waals surface area contributed by atoms with Crippen molar-refractivity contribution in [3.8, 4) is 5.75 Å². The topological polar surface area (TPSA) is 171 Å². The molecule has 0 spiro atoms. The summed E-state index contributed by atoms with van der Waals surface area (Å²) in [5, 5.41) is 25.9. The molecule has 0 aromatic heterocycles. The smallest absolute Gasteiger partial charge is 0.326 e. The molecule has 3 atom stereocenters.